The minimum atomic E-state index is 0. The molecule has 0 unspecified atom stereocenters. The highest BCUT2D eigenvalue weighted by Crippen LogP contribution is 2.02. The Hall–Kier alpha value is -0.510. The Morgan fingerprint density at radius 3 is 2.57 bits per heavy atom. The smallest absolute Gasteiger partial charge is 0.125 e. The van der Waals surface area contributed by atoms with Crippen LogP contribution in [0.15, 0.2) is 18.3 Å². The molecule has 0 saturated heterocycles. The Morgan fingerprint density at radius 2 is 2.07 bits per heavy atom. The summed E-state index contributed by atoms with van der Waals surface area (Å²) < 4.78 is 0. The van der Waals surface area contributed by atoms with Gasteiger partial charge in [-0.25, -0.2) is 4.98 Å². The van der Waals surface area contributed by atoms with E-state index in [-0.39, 0.29) is 24.8 Å². The van der Waals surface area contributed by atoms with Gasteiger partial charge in [-0.3, -0.25) is 0 Å². The summed E-state index contributed by atoms with van der Waals surface area (Å²) in [6, 6.07) is 4.02. The van der Waals surface area contributed by atoms with E-state index in [0.717, 1.165) is 25.3 Å². The lowest BCUT2D eigenvalue weighted by molar-refractivity contribution is 0.870. The summed E-state index contributed by atoms with van der Waals surface area (Å²) in [7, 11) is 0. The fourth-order valence-electron chi connectivity index (χ4n) is 0.891. The van der Waals surface area contributed by atoms with E-state index in [9.17, 15) is 0 Å². The normalized spacial score (nSPS) is 8.43. The van der Waals surface area contributed by atoms with E-state index in [1.54, 1.807) is 0 Å². The third-order valence-corrected chi connectivity index (χ3v) is 1.60. The van der Waals surface area contributed by atoms with Crippen molar-refractivity contribution in [3.05, 3.63) is 23.9 Å². The Morgan fingerprint density at radius 1 is 1.36 bits per heavy atom. The van der Waals surface area contributed by atoms with Crippen LogP contribution in [0, 0.1) is 6.92 Å². The summed E-state index contributed by atoms with van der Waals surface area (Å²) >= 11 is 0. The third kappa shape index (κ3) is 6.02. The maximum atomic E-state index is 5.36. The molecule has 82 valence electrons. The molecule has 1 heterocycles. The molecule has 0 bridgehead atoms. The van der Waals surface area contributed by atoms with E-state index < -0.39 is 0 Å². The van der Waals surface area contributed by atoms with Crippen LogP contribution in [0.25, 0.3) is 0 Å². The molecule has 0 radical (unpaired) electrons. The van der Waals surface area contributed by atoms with Gasteiger partial charge in [0.25, 0.3) is 0 Å². The van der Waals surface area contributed by atoms with E-state index in [1.165, 1.54) is 5.56 Å². The zero-order valence-electron chi connectivity index (χ0n) is 8.19. The maximum Gasteiger partial charge on any atom is 0.125 e. The van der Waals surface area contributed by atoms with Crippen molar-refractivity contribution in [3.8, 4) is 0 Å². The topological polar surface area (TPSA) is 50.9 Å². The summed E-state index contributed by atoms with van der Waals surface area (Å²) in [5.74, 6) is 0.925. The average molecular weight is 238 g/mol. The Balaban J connectivity index is 0. The van der Waals surface area contributed by atoms with Crippen LogP contribution in [0.1, 0.15) is 12.0 Å². The van der Waals surface area contributed by atoms with Gasteiger partial charge in [0.2, 0.25) is 0 Å². The minimum absolute atomic E-state index is 0. The third-order valence-electron chi connectivity index (χ3n) is 1.60. The predicted molar refractivity (Wildman–Crippen MR) is 65.6 cm³/mol. The molecule has 5 heteroatoms. The van der Waals surface area contributed by atoms with Crippen LogP contribution in [0.2, 0.25) is 0 Å². The van der Waals surface area contributed by atoms with Crippen LogP contribution in [0.4, 0.5) is 5.82 Å². The lowest BCUT2D eigenvalue weighted by Gasteiger charge is -2.03. The fraction of sp³-hybridized carbons (Fsp3) is 0.444. The number of halogens is 2. The van der Waals surface area contributed by atoms with E-state index in [0.29, 0.717) is 0 Å². The van der Waals surface area contributed by atoms with Crippen LogP contribution < -0.4 is 11.1 Å². The number of rotatable bonds is 4. The van der Waals surface area contributed by atoms with Crippen LogP contribution in [-0.4, -0.2) is 18.1 Å². The second-order valence-corrected chi connectivity index (χ2v) is 2.79. The van der Waals surface area contributed by atoms with Crippen molar-refractivity contribution in [2.75, 3.05) is 18.4 Å². The molecule has 3 N–H and O–H groups in total. The fourth-order valence-corrected chi connectivity index (χ4v) is 0.891. The molecule has 0 aromatic carbocycles. The number of nitrogens with one attached hydrogen (secondary N) is 1. The van der Waals surface area contributed by atoms with Crippen molar-refractivity contribution in [2.24, 2.45) is 5.73 Å². The molecule has 1 aromatic heterocycles. The molecule has 0 fully saturated rings. The van der Waals surface area contributed by atoms with E-state index in [1.807, 2.05) is 25.3 Å². The van der Waals surface area contributed by atoms with Gasteiger partial charge in [-0.2, -0.15) is 0 Å². The predicted octanol–water partition coefficient (Wildman–Crippen LogP) is 1.99. The number of hydrogen-bond donors (Lipinski definition) is 2. The number of pyridine rings is 1. The minimum Gasteiger partial charge on any atom is -0.370 e. The van der Waals surface area contributed by atoms with Crippen molar-refractivity contribution in [1.29, 1.82) is 0 Å². The first-order valence-electron chi connectivity index (χ1n) is 4.19. The molecule has 1 rings (SSSR count). The van der Waals surface area contributed by atoms with Crippen molar-refractivity contribution in [3.63, 3.8) is 0 Å². The maximum absolute atomic E-state index is 5.36. The molecule has 3 nitrogen and oxygen atoms in total. The average Bonchev–Trinajstić information content (AvgIpc) is 2.09. The van der Waals surface area contributed by atoms with Gasteiger partial charge in [-0.05, 0) is 31.5 Å². The molecular weight excluding hydrogens is 221 g/mol. The van der Waals surface area contributed by atoms with Gasteiger partial charge in [0, 0.05) is 12.7 Å². The van der Waals surface area contributed by atoms with Gasteiger partial charge < -0.3 is 11.1 Å². The molecular formula is C9H17Cl2N3. The Kier molecular flexibility index (Phi) is 10.3. The molecule has 14 heavy (non-hydrogen) atoms. The second-order valence-electron chi connectivity index (χ2n) is 2.79. The molecule has 0 saturated carbocycles. The molecule has 0 aliphatic carbocycles. The molecule has 1 aromatic rings. The number of nitrogens with two attached hydrogens (primary N) is 1. The summed E-state index contributed by atoms with van der Waals surface area (Å²) in [5, 5.41) is 3.18. The first kappa shape index (κ1) is 15.9. The Bertz CT molecular complexity index is 226. The molecule has 0 amide bonds. The molecule has 0 atom stereocenters. The van der Waals surface area contributed by atoms with Crippen molar-refractivity contribution in [2.45, 2.75) is 13.3 Å². The zero-order chi connectivity index (χ0) is 8.81. The number of anilines is 1. The van der Waals surface area contributed by atoms with Crippen molar-refractivity contribution in [1.82, 2.24) is 4.98 Å². The first-order chi connectivity index (χ1) is 5.83. The summed E-state index contributed by atoms with van der Waals surface area (Å²) in [5.41, 5.74) is 6.54. The van der Waals surface area contributed by atoms with Crippen molar-refractivity contribution < 1.29 is 0 Å². The van der Waals surface area contributed by atoms with E-state index in [4.69, 9.17) is 5.73 Å². The summed E-state index contributed by atoms with van der Waals surface area (Å²) in [6.07, 6.45) is 2.83. The first-order valence-corrected chi connectivity index (χ1v) is 4.19. The number of aryl methyl sites for hydroxylation is 1. The highest BCUT2D eigenvalue weighted by molar-refractivity contribution is 5.85. The van der Waals surface area contributed by atoms with Crippen LogP contribution in [-0.2, 0) is 0 Å². The van der Waals surface area contributed by atoms with Gasteiger partial charge >= 0.3 is 0 Å². The Labute approximate surface area is 97.3 Å². The van der Waals surface area contributed by atoms with Gasteiger partial charge in [0.05, 0.1) is 0 Å². The van der Waals surface area contributed by atoms with Gasteiger partial charge in [-0.1, -0.05) is 6.07 Å². The lowest BCUT2D eigenvalue weighted by Crippen LogP contribution is -2.09. The quantitative estimate of drug-likeness (QED) is 0.789. The number of hydrogen-bond acceptors (Lipinski definition) is 3. The molecule has 0 aliphatic heterocycles. The van der Waals surface area contributed by atoms with Crippen LogP contribution in [0.5, 0.6) is 0 Å². The van der Waals surface area contributed by atoms with Gasteiger partial charge in [-0.15, -0.1) is 24.8 Å². The summed E-state index contributed by atoms with van der Waals surface area (Å²) in [4.78, 5) is 4.20. The van der Waals surface area contributed by atoms with Crippen molar-refractivity contribution >= 4 is 30.6 Å². The SMILES string of the molecule is Cc1ccc(NCCCN)nc1.Cl.Cl. The number of nitrogens with zero attached hydrogens (tertiary/aromatic N) is 1. The van der Waals surface area contributed by atoms with Gasteiger partial charge in [0.1, 0.15) is 5.82 Å². The molecule has 0 aliphatic rings. The standard InChI is InChI=1S/C9H15N3.2ClH/c1-8-3-4-9(12-7-8)11-6-2-5-10;;/h3-4,7H,2,5-6,10H2,1H3,(H,11,12);2*1H. The van der Waals surface area contributed by atoms with Crippen LogP contribution in [0.3, 0.4) is 0 Å². The highest BCUT2D eigenvalue weighted by atomic mass is 35.5. The zero-order valence-corrected chi connectivity index (χ0v) is 9.83. The summed E-state index contributed by atoms with van der Waals surface area (Å²) in [6.45, 7) is 3.64. The molecule has 0 spiro atoms. The highest BCUT2D eigenvalue weighted by Gasteiger charge is 1.90. The second kappa shape index (κ2) is 9.06. The van der Waals surface area contributed by atoms with Crippen LogP contribution >= 0.6 is 24.8 Å². The lowest BCUT2D eigenvalue weighted by atomic mass is 10.3. The van der Waals surface area contributed by atoms with E-state index >= 15 is 0 Å². The van der Waals surface area contributed by atoms with Gasteiger partial charge in [0.15, 0.2) is 0 Å². The number of aromatic nitrogens is 1. The van der Waals surface area contributed by atoms with E-state index in [2.05, 4.69) is 10.3 Å². The monoisotopic (exact) mass is 237 g/mol. The largest absolute Gasteiger partial charge is 0.370 e.